The molecular weight excluding hydrogens is 342 g/mol. The molecule has 2 nitrogen and oxygen atoms in total. The second-order valence-corrected chi connectivity index (χ2v) is 5.70. The van der Waals surface area contributed by atoms with Crippen molar-refractivity contribution in [1.82, 2.24) is 0 Å². The molecule has 2 rings (SSSR count). The van der Waals surface area contributed by atoms with Crippen molar-refractivity contribution in [1.29, 1.82) is 0 Å². The Labute approximate surface area is 135 Å². The number of hydrogen-bond acceptors (Lipinski definition) is 1. The van der Waals surface area contributed by atoms with Crippen LogP contribution >= 0.6 is 46.4 Å². The number of carbonyl (C=O) groups is 1. The lowest BCUT2D eigenvalue weighted by Gasteiger charge is -2.11. The van der Waals surface area contributed by atoms with E-state index in [1.807, 2.05) is 0 Å². The molecule has 0 aliphatic heterocycles. The lowest BCUT2D eigenvalue weighted by molar-refractivity contribution is -0.136. The fraction of sp³-hybridized carbons (Fsp3) is 0.0714. The van der Waals surface area contributed by atoms with Crippen LogP contribution in [0.1, 0.15) is 5.56 Å². The number of carboxylic acid groups (broad SMARTS) is 1. The van der Waals surface area contributed by atoms with Crippen molar-refractivity contribution < 1.29 is 9.90 Å². The van der Waals surface area contributed by atoms with Crippen LogP contribution in [0.4, 0.5) is 0 Å². The summed E-state index contributed by atoms with van der Waals surface area (Å²) < 4.78 is 0. The maximum Gasteiger partial charge on any atom is 0.307 e. The van der Waals surface area contributed by atoms with E-state index < -0.39 is 5.97 Å². The summed E-state index contributed by atoms with van der Waals surface area (Å²) in [6.45, 7) is 0. The van der Waals surface area contributed by atoms with Crippen molar-refractivity contribution in [3.05, 3.63) is 56.0 Å². The number of aliphatic carboxylic acids is 1. The molecule has 0 heterocycles. The summed E-state index contributed by atoms with van der Waals surface area (Å²) in [7, 11) is 0. The normalized spacial score (nSPS) is 10.6. The van der Waals surface area contributed by atoms with Gasteiger partial charge in [-0.05, 0) is 23.8 Å². The molecule has 2 aromatic carbocycles. The molecule has 0 saturated carbocycles. The fourth-order valence-corrected chi connectivity index (χ4v) is 2.85. The quantitative estimate of drug-likeness (QED) is 0.733. The zero-order valence-electron chi connectivity index (χ0n) is 9.96. The van der Waals surface area contributed by atoms with Crippen LogP contribution in [0.15, 0.2) is 30.3 Å². The van der Waals surface area contributed by atoms with E-state index in [2.05, 4.69) is 0 Å². The molecule has 0 fully saturated rings. The minimum Gasteiger partial charge on any atom is -0.481 e. The molecule has 0 aromatic heterocycles. The van der Waals surface area contributed by atoms with Gasteiger partial charge in [0.05, 0.1) is 21.5 Å². The molecule has 6 heteroatoms. The SMILES string of the molecule is O=C(O)Cc1ccc(-c2c(Cl)ccc(Cl)c2Cl)c(Cl)c1. The van der Waals surface area contributed by atoms with Crippen molar-refractivity contribution in [2.45, 2.75) is 6.42 Å². The van der Waals surface area contributed by atoms with Gasteiger partial charge >= 0.3 is 5.97 Å². The Bertz CT molecular complexity index is 683. The van der Waals surface area contributed by atoms with Gasteiger partial charge in [-0.3, -0.25) is 4.79 Å². The highest BCUT2D eigenvalue weighted by atomic mass is 35.5. The molecule has 0 unspecified atom stereocenters. The van der Waals surface area contributed by atoms with Crippen LogP contribution in [0.3, 0.4) is 0 Å². The summed E-state index contributed by atoms with van der Waals surface area (Å²) in [6.07, 6.45) is -0.100. The lowest BCUT2D eigenvalue weighted by atomic mass is 10.0. The van der Waals surface area contributed by atoms with Crippen LogP contribution in [0.25, 0.3) is 11.1 Å². The average Bonchev–Trinajstić information content (AvgIpc) is 2.36. The van der Waals surface area contributed by atoms with E-state index in [-0.39, 0.29) is 6.42 Å². The summed E-state index contributed by atoms with van der Waals surface area (Å²) in [4.78, 5) is 10.7. The standard InChI is InChI=1S/C14H8Cl4O2/c15-9-3-4-10(16)14(18)13(9)8-2-1-7(5-11(8)17)6-12(19)20/h1-5H,6H2,(H,19,20). The van der Waals surface area contributed by atoms with Gasteiger partial charge in [0.1, 0.15) is 0 Å². The lowest BCUT2D eigenvalue weighted by Crippen LogP contribution is -2.00. The molecule has 0 saturated heterocycles. The predicted octanol–water partition coefficient (Wildman–Crippen LogP) is 5.59. The highest BCUT2D eigenvalue weighted by Gasteiger charge is 2.15. The van der Waals surface area contributed by atoms with E-state index >= 15 is 0 Å². The minimum atomic E-state index is -0.923. The maximum atomic E-state index is 10.7. The number of rotatable bonds is 3. The van der Waals surface area contributed by atoms with Crippen LogP contribution in [0, 0.1) is 0 Å². The van der Waals surface area contributed by atoms with Gasteiger partial charge in [0.15, 0.2) is 0 Å². The Balaban J connectivity index is 2.54. The van der Waals surface area contributed by atoms with Crippen LogP contribution < -0.4 is 0 Å². The topological polar surface area (TPSA) is 37.3 Å². The van der Waals surface area contributed by atoms with E-state index in [1.54, 1.807) is 30.3 Å². The van der Waals surface area contributed by atoms with Crippen molar-refractivity contribution >= 4 is 52.4 Å². The molecule has 0 aliphatic carbocycles. The molecule has 20 heavy (non-hydrogen) atoms. The highest BCUT2D eigenvalue weighted by Crippen LogP contribution is 2.42. The number of hydrogen-bond donors (Lipinski definition) is 1. The van der Waals surface area contributed by atoms with Gasteiger partial charge in [0.25, 0.3) is 0 Å². The van der Waals surface area contributed by atoms with Crippen molar-refractivity contribution in [3.63, 3.8) is 0 Å². The van der Waals surface area contributed by atoms with Crippen LogP contribution in [-0.4, -0.2) is 11.1 Å². The molecule has 0 bridgehead atoms. The molecule has 0 atom stereocenters. The Morgan fingerprint density at radius 1 is 0.950 bits per heavy atom. The van der Waals surface area contributed by atoms with Crippen LogP contribution in [-0.2, 0) is 11.2 Å². The first-order valence-corrected chi connectivity index (χ1v) is 7.05. The van der Waals surface area contributed by atoms with Crippen molar-refractivity contribution in [3.8, 4) is 11.1 Å². The van der Waals surface area contributed by atoms with Gasteiger partial charge in [0, 0.05) is 16.1 Å². The van der Waals surface area contributed by atoms with Crippen LogP contribution in [0.2, 0.25) is 20.1 Å². The van der Waals surface area contributed by atoms with E-state index in [9.17, 15) is 4.79 Å². The monoisotopic (exact) mass is 348 g/mol. The zero-order valence-corrected chi connectivity index (χ0v) is 13.0. The number of carboxylic acids is 1. The Morgan fingerprint density at radius 3 is 2.20 bits per heavy atom. The van der Waals surface area contributed by atoms with Gasteiger partial charge < -0.3 is 5.11 Å². The first kappa shape index (κ1) is 15.5. The summed E-state index contributed by atoms with van der Waals surface area (Å²) in [6, 6.07) is 8.17. The third-order valence-corrected chi connectivity index (χ3v) is 4.13. The van der Waals surface area contributed by atoms with Gasteiger partial charge in [0.2, 0.25) is 0 Å². The first-order chi connectivity index (χ1) is 9.40. The maximum absolute atomic E-state index is 10.7. The molecule has 0 amide bonds. The summed E-state index contributed by atoms with van der Waals surface area (Å²) in [5.41, 5.74) is 1.74. The molecule has 2 aromatic rings. The van der Waals surface area contributed by atoms with Gasteiger partial charge in [-0.2, -0.15) is 0 Å². The second kappa shape index (κ2) is 6.23. The minimum absolute atomic E-state index is 0.100. The third kappa shape index (κ3) is 3.21. The Hall–Kier alpha value is -0.930. The largest absolute Gasteiger partial charge is 0.481 e. The van der Waals surface area contributed by atoms with E-state index in [4.69, 9.17) is 51.5 Å². The highest BCUT2D eigenvalue weighted by molar-refractivity contribution is 6.46. The zero-order chi connectivity index (χ0) is 14.9. The molecule has 0 aliphatic rings. The summed E-state index contributed by atoms with van der Waals surface area (Å²) in [5, 5.41) is 10.2. The number of halogens is 4. The summed E-state index contributed by atoms with van der Waals surface area (Å²) >= 11 is 24.5. The molecule has 0 radical (unpaired) electrons. The molecule has 0 spiro atoms. The van der Waals surface area contributed by atoms with E-state index in [0.717, 1.165) is 0 Å². The second-order valence-electron chi connectivity index (χ2n) is 4.10. The smallest absolute Gasteiger partial charge is 0.307 e. The van der Waals surface area contributed by atoms with Crippen LogP contribution in [0.5, 0.6) is 0 Å². The molecule has 104 valence electrons. The molecular formula is C14H8Cl4O2. The van der Waals surface area contributed by atoms with Gasteiger partial charge in [-0.25, -0.2) is 0 Å². The van der Waals surface area contributed by atoms with E-state index in [0.29, 0.717) is 36.8 Å². The fourth-order valence-electron chi connectivity index (χ4n) is 1.82. The number of benzene rings is 2. The Morgan fingerprint density at radius 2 is 1.60 bits per heavy atom. The van der Waals surface area contributed by atoms with E-state index in [1.165, 1.54) is 0 Å². The van der Waals surface area contributed by atoms with Crippen molar-refractivity contribution in [2.24, 2.45) is 0 Å². The Kier molecular flexibility index (Phi) is 4.82. The first-order valence-electron chi connectivity index (χ1n) is 5.54. The predicted molar refractivity (Wildman–Crippen MR) is 83.3 cm³/mol. The van der Waals surface area contributed by atoms with Crippen molar-refractivity contribution in [2.75, 3.05) is 0 Å². The summed E-state index contributed by atoms with van der Waals surface area (Å²) in [5.74, 6) is -0.923. The molecule has 1 N–H and O–H groups in total. The third-order valence-electron chi connectivity index (χ3n) is 2.70. The van der Waals surface area contributed by atoms with Gasteiger partial charge in [-0.1, -0.05) is 58.5 Å². The average molecular weight is 350 g/mol. The van der Waals surface area contributed by atoms with Gasteiger partial charge in [-0.15, -0.1) is 0 Å².